The smallest absolute Gasteiger partial charge is 0.386 e. The Morgan fingerprint density at radius 2 is 1.70 bits per heavy atom. The molecule has 1 aromatic rings. The molecule has 0 aliphatic carbocycles. The van der Waals surface area contributed by atoms with E-state index in [1.54, 1.807) is 0 Å². The van der Waals surface area contributed by atoms with E-state index in [0.29, 0.717) is 18.5 Å². The van der Waals surface area contributed by atoms with Gasteiger partial charge in [0.1, 0.15) is 6.10 Å². The van der Waals surface area contributed by atoms with Crippen LogP contribution < -0.4 is 5.32 Å². The molecule has 0 bridgehead atoms. The van der Waals surface area contributed by atoms with E-state index >= 15 is 0 Å². The Balaban J connectivity index is 0.00000450. The van der Waals surface area contributed by atoms with E-state index in [2.05, 4.69) is 17.1 Å². The molecule has 0 unspecified atom stereocenters. The molecule has 4 nitrogen and oxygen atoms in total. The second kappa shape index (κ2) is 13.0. The predicted octanol–water partition coefficient (Wildman–Crippen LogP) is 5.32. The average Bonchev–Trinajstić information content (AvgIpc) is 3.19. The molecule has 0 spiro atoms. The van der Waals surface area contributed by atoms with Gasteiger partial charge in [0.25, 0.3) is 0 Å². The number of likely N-dealkylation sites (tertiary alicyclic amines) is 1. The van der Waals surface area contributed by atoms with Gasteiger partial charge >= 0.3 is 6.18 Å². The van der Waals surface area contributed by atoms with Crippen LogP contribution in [0.5, 0.6) is 0 Å². The van der Waals surface area contributed by atoms with Gasteiger partial charge in [-0.1, -0.05) is 52.2 Å². The fourth-order valence-electron chi connectivity index (χ4n) is 3.74. The molecule has 1 aliphatic heterocycles. The van der Waals surface area contributed by atoms with Crippen LogP contribution in [0.15, 0.2) is 24.3 Å². The number of amides is 1. The number of hydrogen-bond donors (Lipinski definition) is 2. The molecule has 1 amide bonds. The quantitative estimate of drug-likeness (QED) is 0.468. The third-order valence-electron chi connectivity index (χ3n) is 5.47. The maximum Gasteiger partial charge on any atom is 0.416 e. The summed E-state index contributed by atoms with van der Waals surface area (Å²) in [6.45, 7) is 4.44. The highest BCUT2D eigenvalue weighted by Gasteiger charge is 2.31. The van der Waals surface area contributed by atoms with Crippen LogP contribution >= 0.6 is 0 Å². The number of hydrogen-bond acceptors (Lipinski definition) is 3. The van der Waals surface area contributed by atoms with Gasteiger partial charge in [-0.25, -0.2) is 0 Å². The Kier molecular flexibility index (Phi) is 11.4. The van der Waals surface area contributed by atoms with E-state index in [-0.39, 0.29) is 13.3 Å². The van der Waals surface area contributed by atoms with Crippen LogP contribution in [0.2, 0.25) is 0 Å². The maximum atomic E-state index is 12.8. The van der Waals surface area contributed by atoms with Gasteiger partial charge in [0.15, 0.2) is 0 Å². The topological polar surface area (TPSA) is 52.6 Å². The van der Waals surface area contributed by atoms with Crippen molar-refractivity contribution >= 4 is 5.91 Å². The first-order valence-electron chi connectivity index (χ1n) is 10.7. The minimum atomic E-state index is -4.41. The second-order valence-corrected chi connectivity index (χ2v) is 7.91. The Labute approximate surface area is 178 Å². The molecule has 7 heteroatoms. The Bertz CT molecular complexity index is 614. The number of alkyl halides is 3. The summed E-state index contributed by atoms with van der Waals surface area (Å²) >= 11 is 0. The minimum Gasteiger partial charge on any atom is -0.386 e. The SMILES string of the molecule is C.CCCCCCCC(=O)N[C@H](CN1CCCC1)[C@H](O)c1ccc(C(F)(F)F)cc1. The number of benzene rings is 1. The maximum absolute atomic E-state index is 12.8. The largest absolute Gasteiger partial charge is 0.416 e. The molecule has 1 aromatic carbocycles. The van der Waals surface area contributed by atoms with Crippen molar-refractivity contribution in [2.24, 2.45) is 0 Å². The normalized spacial score (nSPS) is 16.7. The first kappa shape index (κ1) is 26.4. The number of aliphatic hydroxyl groups excluding tert-OH is 1. The first-order chi connectivity index (χ1) is 13.8. The number of unbranched alkanes of at least 4 members (excludes halogenated alkanes) is 4. The van der Waals surface area contributed by atoms with Crippen molar-refractivity contribution in [1.82, 2.24) is 10.2 Å². The van der Waals surface area contributed by atoms with Crippen LogP contribution in [0.1, 0.15) is 82.9 Å². The second-order valence-electron chi connectivity index (χ2n) is 7.91. The van der Waals surface area contributed by atoms with Crippen molar-refractivity contribution in [3.63, 3.8) is 0 Å². The van der Waals surface area contributed by atoms with Crippen LogP contribution in [0.3, 0.4) is 0 Å². The molecule has 0 aromatic heterocycles. The summed E-state index contributed by atoms with van der Waals surface area (Å²) in [5.41, 5.74) is -0.369. The van der Waals surface area contributed by atoms with Gasteiger partial charge in [-0.3, -0.25) is 4.79 Å². The highest BCUT2D eigenvalue weighted by atomic mass is 19.4. The van der Waals surface area contributed by atoms with Gasteiger partial charge in [0.2, 0.25) is 5.91 Å². The lowest BCUT2D eigenvalue weighted by molar-refractivity contribution is -0.137. The van der Waals surface area contributed by atoms with Gasteiger partial charge in [0, 0.05) is 13.0 Å². The number of halogens is 3. The number of rotatable bonds is 11. The Morgan fingerprint density at radius 3 is 2.27 bits per heavy atom. The van der Waals surface area contributed by atoms with Crippen molar-refractivity contribution in [1.29, 1.82) is 0 Å². The van der Waals surface area contributed by atoms with Crippen LogP contribution in [0.4, 0.5) is 13.2 Å². The standard InChI is InChI=1S/C22H33F3N2O2.CH4/c1-2-3-4-5-6-9-20(28)26-19(16-27-14-7-8-15-27)21(29)17-10-12-18(13-11-17)22(23,24)25;/h10-13,19,21,29H,2-9,14-16H2,1H3,(H,26,28);1H4/t19-,21-;/m1./s1. The molecule has 2 rings (SSSR count). The molecule has 30 heavy (non-hydrogen) atoms. The summed E-state index contributed by atoms with van der Waals surface area (Å²) in [7, 11) is 0. The Hall–Kier alpha value is -1.60. The van der Waals surface area contributed by atoms with E-state index in [1.165, 1.54) is 12.1 Å². The fourth-order valence-corrected chi connectivity index (χ4v) is 3.74. The summed E-state index contributed by atoms with van der Waals surface area (Å²) in [5, 5.41) is 13.7. The summed E-state index contributed by atoms with van der Waals surface area (Å²) in [5.74, 6) is -0.114. The van der Waals surface area contributed by atoms with Gasteiger partial charge in [0.05, 0.1) is 11.6 Å². The fraction of sp³-hybridized carbons (Fsp3) is 0.696. The monoisotopic (exact) mass is 430 g/mol. The van der Waals surface area contributed by atoms with Crippen LogP contribution in [0.25, 0.3) is 0 Å². The summed E-state index contributed by atoms with van der Waals surface area (Å²) in [4.78, 5) is 14.6. The molecule has 2 atom stereocenters. The number of carbonyl (C=O) groups is 1. The van der Waals surface area contributed by atoms with E-state index < -0.39 is 23.9 Å². The van der Waals surface area contributed by atoms with Gasteiger partial charge in [-0.15, -0.1) is 0 Å². The van der Waals surface area contributed by atoms with Crippen LogP contribution in [-0.2, 0) is 11.0 Å². The van der Waals surface area contributed by atoms with E-state index in [4.69, 9.17) is 0 Å². The Morgan fingerprint density at radius 1 is 1.10 bits per heavy atom. The van der Waals surface area contributed by atoms with Gasteiger partial charge in [-0.2, -0.15) is 13.2 Å². The average molecular weight is 431 g/mol. The first-order valence-corrected chi connectivity index (χ1v) is 10.7. The van der Waals surface area contributed by atoms with Gasteiger partial charge < -0.3 is 15.3 Å². The lowest BCUT2D eigenvalue weighted by Crippen LogP contribution is -2.46. The third kappa shape index (κ3) is 8.64. The zero-order valence-electron chi connectivity index (χ0n) is 17.2. The molecule has 1 aliphatic rings. The molecule has 1 saturated heterocycles. The third-order valence-corrected chi connectivity index (χ3v) is 5.47. The number of nitrogens with zero attached hydrogens (tertiary/aromatic N) is 1. The number of nitrogens with one attached hydrogen (secondary N) is 1. The summed E-state index contributed by atoms with van der Waals surface area (Å²) in [6, 6.07) is 3.98. The van der Waals surface area contributed by atoms with E-state index in [1.807, 2.05) is 0 Å². The molecule has 0 radical (unpaired) electrons. The van der Waals surface area contributed by atoms with Crippen molar-refractivity contribution in [3.05, 3.63) is 35.4 Å². The summed E-state index contributed by atoms with van der Waals surface area (Å²) in [6.07, 6.45) is 2.30. The summed E-state index contributed by atoms with van der Waals surface area (Å²) < 4.78 is 38.4. The predicted molar refractivity (Wildman–Crippen MR) is 114 cm³/mol. The van der Waals surface area contributed by atoms with Crippen LogP contribution in [-0.4, -0.2) is 41.6 Å². The zero-order valence-corrected chi connectivity index (χ0v) is 17.2. The van der Waals surface area contributed by atoms with Gasteiger partial charge in [-0.05, 0) is 50.0 Å². The van der Waals surface area contributed by atoms with Crippen molar-refractivity contribution in [2.75, 3.05) is 19.6 Å². The molecule has 1 fully saturated rings. The molecular weight excluding hydrogens is 393 g/mol. The zero-order chi connectivity index (χ0) is 21.3. The molecule has 2 N–H and O–H groups in total. The van der Waals surface area contributed by atoms with Crippen molar-refractivity contribution < 1.29 is 23.1 Å². The lowest BCUT2D eigenvalue weighted by Gasteiger charge is -2.29. The highest BCUT2D eigenvalue weighted by molar-refractivity contribution is 5.76. The number of carbonyl (C=O) groups excluding carboxylic acids is 1. The molecule has 1 heterocycles. The number of aliphatic hydroxyl groups is 1. The van der Waals surface area contributed by atoms with E-state index in [0.717, 1.165) is 70.2 Å². The molecule has 0 saturated carbocycles. The minimum absolute atomic E-state index is 0. The lowest BCUT2D eigenvalue weighted by atomic mass is 9.99. The van der Waals surface area contributed by atoms with Crippen molar-refractivity contribution in [3.8, 4) is 0 Å². The van der Waals surface area contributed by atoms with Crippen LogP contribution in [0, 0.1) is 0 Å². The highest BCUT2D eigenvalue weighted by Crippen LogP contribution is 2.30. The molecular formula is C23H37F3N2O2. The van der Waals surface area contributed by atoms with E-state index in [9.17, 15) is 23.1 Å². The molecule has 172 valence electrons. The van der Waals surface area contributed by atoms with Crippen molar-refractivity contribution in [2.45, 2.75) is 84.0 Å².